The van der Waals surface area contributed by atoms with Gasteiger partial charge in [0.25, 0.3) is 5.91 Å². The summed E-state index contributed by atoms with van der Waals surface area (Å²) in [6, 6.07) is 23.8. The second kappa shape index (κ2) is 7.56. The number of carbonyl (C=O) groups is 1. The maximum atomic E-state index is 13.3. The third-order valence-corrected chi connectivity index (χ3v) is 5.08. The van der Waals surface area contributed by atoms with Gasteiger partial charge in [-0.3, -0.25) is 9.69 Å². The Morgan fingerprint density at radius 2 is 1.64 bits per heavy atom. The van der Waals surface area contributed by atoms with Crippen molar-refractivity contribution in [3.05, 3.63) is 105 Å². The molecule has 0 atom stereocenters. The normalized spacial score (nSPS) is 15.2. The number of amides is 1. The van der Waals surface area contributed by atoms with Gasteiger partial charge in [0.15, 0.2) is 0 Å². The van der Waals surface area contributed by atoms with Gasteiger partial charge in [-0.15, -0.1) is 0 Å². The number of hydrogen-bond acceptors (Lipinski definition) is 2. The monoisotopic (exact) mass is 430 g/mol. The van der Waals surface area contributed by atoms with Crippen LogP contribution in [0.3, 0.4) is 0 Å². The molecule has 0 aliphatic carbocycles. The van der Waals surface area contributed by atoms with Crippen LogP contribution >= 0.6 is 15.9 Å². The highest BCUT2D eigenvalue weighted by molar-refractivity contribution is 9.10. The highest BCUT2D eigenvalue weighted by atomic mass is 79.9. The minimum absolute atomic E-state index is 0.129. The molecule has 1 aliphatic heterocycles. The van der Waals surface area contributed by atoms with Crippen molar-refractivity contribution in [2.45, 2.75) is 13.8 Å². The van der Waals surface area contributed by atoms with Gasteiger partial charge in [-0.2, -0.15) is 0 Å². The second-order valence-corrected chi connectivity index (χ2v) is 7.78. The Balaban J connectivity index is 1.84. The Kier molecular flexibility index (Phi) is 4.97. The lowest BCUT2D eigenvalue weighted by molar-refractivity contribution is -0.113. The number of benzene rings is 3. The van der Waals surface area contributed by atoms with Crippen molar-refractivity contribution in [3.63, 3.8) is 0 Å². The topological polar surface area (TPSA) is 32.7 Å². The summed E-state index contributed by atoms with van der Waals surface area (Å²) in [5.74, 6) is 0.514. The van der Waals surface area contributed by atoms with Gasteiger partial charge < -0.3 is 0 Å². The number of carbonyl (C=O) groups excluding carboxylic acids is 1. The Labute approximate surface area is 173 Å². The van der Waals surface area contributed by atoms with Crippen LogP contribution in [-0.2, 0) is 4.79 Å². The van der Waals surface area contributed by atoms with E-state index in [1.165, 1.54) is 5.56 Å². The maximum absolute atomic E-state index is 13.3. The molecule has 0 saturated carbocycles. The van der Waals surface area contributed by atoms with E-state index in [0.717, 1.165) is 26.9 Å². The zero-order chi connectivity index (χ0) is 19.7. The fourth-order valence-electron chi connectivity index (χ4n) is 3.17. The van der Waals surface area contributed by atoms with Crippen LogP contribution < -0.4 is 4.90 Å². The van der Waals surface area contributed by atoms with E-state index in [9.17, 15) is 4.79 Å². The van der Waals surface area contributed by atoms with Gasteiger partial charge in [0.1, 0.15) is 11.5 Å². The summed E-state index contributed by atoms with van der Waals surface area (Å²) in [4.78, 5) is 19.7. The van der Waals surface area contributed by atoms with Crippen LogP contribution in [0.1, 0.15) is 22.3 Å². The maximum Gasteiger partial charge on any atom is 0.282 e. The van der Waals surface area contributed by atoms with E-state index in [1.54, 1.807) is 4.90 Å². The number of aryl methyl sites for hydroxylation is 2. The summed E-state index contributed by atoms with van der Waals surface area (Å²) in [6.45, 7) is 4.08. The standard InChI is InChI=1S/C24H19BrN2O/c1-16-9-11-18(12-10-16)14-22-24(28)27(21-8-4-7-20(25)15-21)23(26-22)19-6-3-5-17(2)13-19/h3-15H,1-2H3/b22-14+. The van der Waals surface area contributed by atoms with Crippen molar-refractivity contribution in [1.29, 1.82) is 0 Å². The van der Waals surface area contributed by atoms with Crippen LogP contribution in [0.4, 0.5) is 5.69 Å². The number of nitrogens with zero attached hydrogens (tertiary/aromatic N) is 2. The molecule has 0 bridgehead atoms. The van der Waals surface area contributed by atoms with E-state index >= 15 is 0 Å². The zero-order valence-electron chi connectivity index (χ0n) is 15.7. The molecular formula is C24H19BrN2O. The molecular weight excluding hydrogens is 412 g/mol. The van der Waals surface area contributed by atoms with Crippen molar-refractivity contribution in [1.82, 2.24) is 0 Å². The number of rotatable bonds is 3. The van der Waals surface area contributed by atoms with E-state index in [1.807, 2.05) is 92.7 Å². The molecule has 138 valence electrons. The van der Waals surface area contributed by atoms with Crippen molar-refractivity contribution < 1.29 is 4.79 Å². The fourth-order valence-corrected chi connectivity index (χ4v) is 3.56. The lowest BCUT2D eigenvalue weighted by Crippen LogP contribution is -2.32. The predicted octanol–water partition coefficient (Wildman–Crippen LogP) is 5.90. The predicted molar refractivity (Wildman–Crippen MR) is 119 cm³/mol. The molecule has 0 saturated heterocycles. The summed E-state index contributed by atoms with van der Waals surface area (Å²) in [6.07, 6.45) is 1.84. The molecule has 28 heavy (non-hydrogen) atoms. The summed E-state index contributed by atoms with van der Waals surface area (Å²) >= 11 is 3.50. The van der Waals surface area contributed by atoms with Crippen molar-refractivity contribution in [2.75, 3.05) is 4.90 Å². The third kappa shape index (κ3) is 3.69. The highest BCUT2D eigenvalue weighted by Gasteiger charge is 2.32. The molecule has 4 heteroatoms. The summed E-state index contributed by atoms with van der Waals surface area (Å²) in [5.41, 5.74) is 5.39. The SMILES string of the molecule is Cc1ccc(/C=C2/N=C(c3cccc(C)c3)N(c3cccc(Br)c3)C2=O)cc1. The molecule has 0 spiro atoms. The summed E-state index contributed by atoms with van der Waals surface area (Å²) in [7, 11) is 0. The first-order valence-corrected chi connectivity index (χ1v) is 9.85. The average molecular weight is 431 g/mol. The molecule has 0 aromatic heterocycles. The number of amidine groups is 1. The number of anilines is 1. The Morgan fingerprint density at radius 1 is 0.893 bits per heavy atom. The molecule has 0 radical (unpaired) electrons. The van der Waals surface area contributed by atoms with Crippen LogP contribution in [0, 0.1) is 13.8 Å². The van der Waals surface area contributed by atoms with E-state index < -0.39 is 0 Å². The highest BCUT2D eigenvalue weighted by Crippen LogP contribution is 2.29. The van der Waals surface area contributed by atoms with E-state index in [-0.39, 0.29) is 5.91 Å². The second-order valence-electron chi connectivity index (χ2n) is 6.87. The molecule has 3 nitrogen and oxygen atoms in total. The van der Waals surface area contributed by atoms with Crippen molar-refractivity contribution >= 4 is 39.4 Å². The Hall–Kier alpha value is -2.98. The molecule has 1 aliphatic rings. The average Bonchev–Trinajstić information content (AvgIpc) is 3.00. The summed E-state index contributed by atoms with van der Waals surface area (Å²) < 4.78 is 0.914. The van der Waals surface area contributed by atoms with Gasteiger partial charge in [-0.05, 0) is 49.8 Å². The largest absolute Gasteiger partial charge is 0.282 e. The minimum atomic E-state index is -0.129. The van der Waals surface area contributed by atoms with E-state index in [2.05, 4.69) is 15.9 Å². The molecule has 0 unspecified atom stereocenters. The summed E-state index contributed by atoms with van der Waals surface area (Å²) in [5, 5.41) is 0. The van der Waals surface area contributed by atoms with Crippen LogP contribution in [0.2, 0.25) is 0 Å². The molecule has 0 N–H and O–H groups in total. The third-order valence-electron chi connectivity index (χ3n) is 4.58. The van der Waals surface area contributed by atoms with Crippen LogP contribution in [0.5, 0.6) is 0 Å². The van der Waals surface area contributed by atoms with Crippen molar-refractivity contribution in [3.8, 4) is 0 Å². The molecule has 1 heterocycles. The molecule has 4 rings (SSSR count). The van der Waals surface area contributed by atoms with Crippen molar-refractivity contribution in [2.24, 2.45) is 4.99 Å². The minimum Gasteiger partial charge on any atom is -0.266 e. The zero-order valence-corrected chi connectivity index (χ0v) is 17.3. The first-order valence-electron chi connectivity index (χ1n) is 9.05. The van der Waals surface area contributed by atoms with E-state index in [0.29, 0.717) is 11.5 Å². The Morgan fingerprint density at radius 3 is 2.36 bits per heavy atom. The fraction of sp³-hybridized carbons (Fsp3) is 0.0833. The molecule has 3 aromatic rings. The van der Waals surface area contributed by atoms with Gasteiger partial charge >= 0.3 is 0 Å². The lowest BCUT2D eigenvalue weighted by Gasteiger charge is -2.19. The van der Waals surface area contributed by atoms with Crippen LogP contribution in [0.25, 0.3) is 6.08 Å². The first kappa shape index (κ1) is 18.4. The smallest absolute Gasteiger partial charge is 0.266 e. The van der Waals surface area contributed by atoms with Gasteiger partial charge in [-0.1, -0.05) is 75.6 Å². The van der Waals surface area contributed by atoms with Crippen LogP contribution in [-0.4, -0.2) is 11.7 Å². The number of hydrogen-bond donors (Lipinski definition) is 0. The first-order chi connectivity index (χ1) is 13.5. The number of aliphatic imine (C=N–C) groups is 1. The quantitative estimate of drug-likeness (QED) is 0.476. The lowest BCUT2D eigenvalue weighted by atomic mass is 10.1. The van der Waals surface area contributed by atoms with Gasteiger partial charge in [0, 0.05) is 10.0 Å². The Bertz CT molecular complexity index is 1110. The molecule has 1 amide bonds. The van der Waals surface area contributed by atoms with Gasteiger partial charge in [0.2, 0.25) is 0 Å². The molecule has 0 fully saturated rings. The number of halogens is 1. The van der Waals surface area contributed by atoms with Gasteiger partial charge in [0.05, 0.1) is 5.69 Å². The van der Waals surface area contributed by atoms with Crippen LogP contribution in [0.15, 0.2) is 88.0 Å². The molecule has 3 aromatic carbocycles. The van der Waals surface area contributed by atoms with Gasteiger partial charge in [-0.25, -0.2) is 4.99 Å². The van der Waals surface area contributed by atoms with E-state index in [4.69, 9.17) is 4.99 Å².